The van der Waals surface area contributed by atoms with Crippen LogP contribution in [0.5, 0.6) is 0 Å². The molecular formula is C8H11BrClN3O. The maximum Gasteiger partial charge on any atom is 0.222 e. The molecule has 4 nitrogen and oxygen atoms in total. The van der Waals surface area contributed by atoms with E-state index in [9.17, 15) is 0 Å². The van der Waals surface area contributed by atoms with Gasteiger partial charge < -0.3 is 10.1 Å². The van der Waals surface area contributed by atoms with Gasteiger partial charge in [0.2, 0.25) is 5.95 Å². The quantitative estimate of drug-likeness (QED) is 0.639. The number of alkyl halides is 1. The summed E-state index contributed by atoms with van der Waals surface area (Å²) in [6.45, 7) is 1.86. The van der Waals surface area contributed by atoms with E-state index in [1.807, 2.05) is 0 Å². The fourth-order valence-electron chi connectivity index (χ4n) is 0.795. The molecule has 0 unspecified atom stereocenters. The van der Waals surface area contributed by atoms with Crippen molar-refractivity contribution in [1.29, 1.82) is 0 Å². The molecule has 14 heavy (non-hydrogen) atoms. The van der Waals surface area contributed by atoms with Gasteiger partial charge >= 0.3 is 0 Å². The number of hydrogen-bond acceptors (Lipinski definition) is 4. The molecule has 1 rings (SSSR count). The van der Waals surface area contributed by atoms with Gasteiger partial charge in [-0.3, -0.25) is 0 Å². The van der Waals surface area contributed by atoms with E-state index in [-0.39, 0.29) is 0 Å². The zero-order valence-corrected chi connectivity index (χ0v) is 9.88. The molecule has 0 aliphatic rings. The molecule has 0 saturated carbocycles. The third-order valence-corrected chi connectivity index (χ3v) is 1.94. The summed E-state index contributed by atoms with van der Waals surface area (Å²) in [5, 5.41) is 3.02. The first kappa shape index (κ1) is 11.7. The average molecular weight is 281 g/mol. The van der Waals surface area contributed by atoms with Gasteiger partial charge in [-0.05, 0) is 15.9 Å². The minimum atomic E-state index is 0.523. The van der Waals surface area contributed by atoms with Crippen LogP contribution < -0.4 is 5.32 Å². The lowest BCUT2D eigenvalue weighted by molar-refractivity contribution is 0.160. The summed E-state index contributed by atoms with van der Waals surface area (Å²) in [5.41, 5.74) is 0. The van der Waals surface area contributed by atoms with Gasteiger partial charge in [0.05, 0.1) is 17.7 Å². The highest BCUT2D eigenvalue weighted by Gasteiger charge is 1.94. The number of nitrogens with one attached hydrogen (secondary N) is 1. The second-order valence-corrected chi connectivity index (χ2v) is 3.75. The molecule has 0 amide bonds. The van der Waals surface area contributed by atoms with Gasteiger partial charge in [-0.15, -0.1) is 11.6 Å². The number of rotatable bonds is 6. The van der Waals surface area contributed by atoms with Crippen LogP contribution in [0, 0.1) is 0 Å². The number of ether oxygens (including phenoxy) is 1. The fraction of sp³-hybridized carbons (Fsp3) is 0.500. The minimum Gasteiger partial charge on any atom is -0.378 e. The standard InChI is InChI=1S/C8H11BrClN3O/c9-7-5-12-8(13-6-7)11-2-4-14-3-1-10/h5-6H,1-4H2,(H,11,12,13). The van der Waals surface area contributed by atoms with Crippen LogP contribution in [0.25, 0.3) is 0 Å². The van der Waals surface area contributed by atoms with Crippen LogP contribution in [0.15, 0.2) is 16.9 Å². The Hall–Kier alpha value is -0.390. The summed E-state index contributed by atoms with van der Waals surface area (Å²) >= 11 is 8.70. The average Bonchev–Trinajstić information content (AvgIpc) is 2.21. The first-order chi connectivity index (χ1) is 6.83. The lowest BCUT2D eigenvalue weighted by Gasteiger charge is -2.04. The van der Waals surface area contributed by atoms with Crippen LogP contribution in [0.1, 0.15) is 0 Å². The van der Waals surface area contributed by atoms with Crippen molar-refractivity contribution in [2.45, 2.75) is 0 Å². The molecule has 0 radical (unpaired) electrons. The maximum absolute atomic E-state index is 5.44. The van der Waals surface area contributed by atoms with Gasteiger partial charge in [-0.2, -0.15) is 0 Å². The number of halogens is 2. The molecule has 0 aliphatic heterocycles. The number of aromatic nitrogens is 2. The molecule has 0 fully saturated rings. The van der Waals surface area contributed by atoms with E-state index >= 15 is 0 Å². The zero-order valence-electron chi connectivity index (χ0n) is 7.54. The molecule has 1 N–H and O–H groups in total. The Balaban J connectivity index is 2.15. The molecule has 1 heterocycles. The van der Waals surface area contributed by atoms with Gasteiger partial charge in [0.25, 0.3) is 0 Å². The Kier molecular flexibility index (Phi) is 5.82. The summed E-state index contributed by atoms with van der Waals surface area (Å²) in [4.78, 5) is 8.09. The highest BCUT2D eigenvalue weighted by atomic mass is 79.9. The highest BCUT2D eigenvalue weighted by Crippen LogP contribution is 2.06. The largest absolute Gasteiger partial charge is 0.378 e. The second kappa shape index (κ2) is 6.98. The van der Waals surface area contributed by atoms with E-state index in [2.05, 4.69) is 31.2 Å². The van der Waals surface area contributed by atoms with E-state index in [1.54, 1.807) is 12.4 Å². The van der Waals surface area contributed by atoms with Crippen molar-refractivity contribution >= 4 is 33.5 Å². The Morgan fingerprint density at radius 2 is 2.07 bits per heavy atom. The third-order valence-electron chi connectivity index (χ3n) is 1.37. The molecule has 0 aliphatic carbocycles. The van der Waals surface area contributed by atoms with Crippen molar-refractivity contribution in [3.63, 3.8) is 0 Å². The molecule has 0 saturated heterocycles. The Morgan fingerprint density at radius 1 is 1.36 bits per heavy atom. The Labute approximate surface area is 96.2 Å². The molecule has 0 bridgehead atoms. The topological polar surface area (TPSA) is 47.0 Å². The predicted octanol–water partition coefficient (Wildman–Crippen LogP) is 1.91. The van der Waals surface area contributed by atoms with Gasteiger partial charge in [-0.25, -0.2) is 9.97 Å². The summed E-state index contributed by atoms with van der Waals surface area (Å²) in [6, 6.07) is 0. The van der Waals surface area contributed by atoms with E-state index in [0.29, 0.717) is 31.6 Å². The number of anilines is 1. The summed E-state index contributed by atoms with van der Waals surface area (Å²) in [5.74, 6) is 1.12. The van der Waals surface area contributed by atoms with Gasteiger partial charge in [0, 0.05) is 24.8 Å². The lowest BCUT2D eigenvalue weighted by Crippen LogP contribution is -2.12. The SMILES string of the molecule is ClCCOCCNc1ncc(Br)cn1. The van der Waals surface area contributed by atoms with Crippen LogP contribution in [0.3, 0.4) is 0 Å². The molecule has 1 aromatic rings. The molecule has 1 aromatic heterocycles. The Bertz CT molecular complexity index is 257. The molecule has 6 heteroatoms. The van der Waals surface area contributed by atoms with Crippen LogP contribution in [-0.4, -0.2) is 35.6 Å². The molecule has 0 aromatic carbocycles. The van der Waals surface area contributed by atoms with E-state index in [1.165, 1.54) is 0 Å². The predicted molar refractivity (Wildman–Crippen MR) is 59.8 cm³/mol. The molecule has 0 spiro atoms. The number of hydrogen-bond donors (Lipinski definition) is 1. The zero-order chi connectivity index (χ0) is 10.2. The minimum absolute atomic E-state index is 0.523. The van der Waals surface area contributed by atoms with E-state index < -0.39 is 0 Å². The molecular weight excluding hydrogens is 269 g/mol. The maximum atomic E-state index is 5.44. The first-order valence-electron chi connectivity index (χ1n) is 4.18. The van der Waals surface area contributed by atoms with E-state index in [4.69, 9.17) is 16.3 Å². The third kappa shape index (κ3) is 4.74. The van der Waals surface area contributed by atoms with Gasteiger partial charge in [-0.1, -0.05) is 0 Å². The summed E-state index contributed by atoms with van der Waals surface area (Å²) < 4.78 is 6.03. The van der Waals surface area contributed by atoms with Crippen LogP contribution >= 0.6 is 27.5 Å². The smallest absolute Gasteiger partial charge is 0.222 e. The van der Waals surface area contributed by atoms with Crippen LogP contribution in [-0.2, 0) is 4.74 Å². The van der Waals surface area contributed by atoms with Crippen molar-refractivity contribution < 1.29 is 4.74 Å². The van der Waals surface area contributed by atoms with Crippen molar-refractivity contribution in [2.75, 3.05) is 31.0 Å². The number of nitrogens with zero attached hydrogens (tertiary/aromatic N) is 2. The summed E-state index contributed by atoms with van der Waals surface area (Å²) in [7, 11) is 0. The van der Waals surface area contributed by atoms with Gasteiger partial charge in [0.15, 0.2) is 0 Å². The monoisotopic (exact) mass is 279 g/mol. The van der Waals surface area contributed by atoms with Crippen LogP contribution in [0.2, 0.25) is 0 Å². The first-order valence-corrected chi connectivity index (χ1v) is 5.51. The summed E-state index contributed by atoms with van der Waals surface area (Å²) in [6.07, 6.45) is 3.38. The highest BCUT2D eigenvalue weighted by molar-refractivity contribution is 9.10. The lowest BCUT2D eigenvalue weighted by atomic mass is 10.6. The van der Waals surface area contributed by atoms with Crippen molar-refractivity contribution in [3.05, 3.63) is 16.9 Å². The molecule has 0 atom stereocenters. The normalized spacial score (nSPS) is 10.1. The van der Waals surface area contributed by atoms with E-state index in [0.717, 1.165) is 4.47 Å². The van der Waals surface area contributed by atoms with Gasteiger partial charge in [0.1, 0.15) is 0 Å². The fourth-order valence-corrected chi connectivity index (χ4v) is 1.11. The Morgan fingerprint density at radius 3 is 2.71 bits per heavy atom. The van der Waals surface area contributed by atoms with Crippen LogP contribution in [0.4, 0.5) is 5.95 Å². The van der Waals surface area contributed by atoms with Crippen molar-refractivity contribution in [1.82, 2.24) is 9.97 Å². The molecule has 78 valence electrons. The second-order valence-electron chi connectivity index (χ2n) is 2.45. The van der Waals surface area contributed by atoms with Crippen molar-refractivity contribution in [2.24, 2.45) is 0 Å². The van der Waals surface area contributed by atoms with Crippen molar-refractivity contribution in [3.8, 4) is 0 Å².